The zero-order valence-corrected chi connectivity index (χ0v) is 12.3. The number of ether oxygens (including phenoxy) is 1. The van der Waals surface area contributed by atoms with Crippen LogP contribution in [0.4, 0.5) is 0 Å². The molecule has 1 heterocycles. The highest BCUT2D eigenvalue weighted by Gasteiger charge is 2.13. The van der Waals surface area contributed by atoms with Crippen LogP contribution in [-0.2, 0) is 11.3 Å². The van der Waals surface area contributed by atoms with E-state index >= 15 is 0 Å². The number of para-hydroxylation sites is 1. The molecule has 112 valence electrons. The molecule has 6 nitrogen and oxygen atoms in total. The topological polar surface area (TPSA) is 79.9 Å². The Bertz CT molecular complexity index is 568. The average Bonchev–Trinajstić information content (AvgIpc) is 2.91. The first-order valence-corrected chi connectivity index (χ1v) is 6.98. The molecule has 0 saturated carbocycles. The molecule has 0 spiro atoms. The average molecular weight is 288 g/mol. The molecule has 2 rings (SSSR count). The van der Waals surface area contributed by atoms with Gasteiger partial charge in [-0.15, -0.1) is 0 Å². The third-order valence-corrected chi connectivity index (χ3v) is 3.07. The first-order chi connectivity index (χ1) is 10.1. The number of rotatable bonds is 7. The van der Waals surface area contributed by atoms with Crippen molar-refractivity contribution in [3.05, 3.63) is 42.0 Å². The van der Waals surface area contributed by atoms with Crippen LogP contribution in [0.25, 0.3) is 0 Å². The third kappa shape index (κ3) is 4.91. The van der Waals surface area contributed by atoms with Crippen LogP contribution in [0.2, 0.25) is 0 Å². The van der Waals surface area contributed by atoms with Gasteiger partial charge in [0.25, 0.3) is 0 Å². The molecule has 0 bridgehead atoms. The number of benzene rings is 1. The Morgan fingerprint density at radius 3 is 2.81 bits per heavy atom. The quantitative estimate of drug-likeness (QED) is 0.814. The minimum atomic E-state index is -0.117. The second-order valence-electron chi connectivity index (χ2n) is 4.91. The van der Waals surface area contributed by atoms with Crippen molar-refractivity contribution >= 4 is 5.91 Å². The van der Waals surface area contributed by atoms with Crippen LogP contribution in [0.1, 0.15) is 25.0 Å². The molecule has 0 radical (unpaired) electrons. The minimum absolute atomic E-state index is 0.0193. The number of nitrogens with one attached hydrogen (secondary N) is 2. The highest BCUT2D eigenvalue weighted by Crippen LogP contribution is 2.10. The Morgan fingerprint density at radius 1 is 1.38 bits per heavy atom. The molecule has 1 amide bonds. The Morgan fingerprint density at radius 2 is 2.14 bits per heavy atom. The summed E-state index contributed by atoms with van der Waals surface area (Å²) in [4.78, 5) is 16.1. The van der Waals surface area contributed by atoms with Gasteiger partial charge in [0.15, 0.2) is 5.82 Å². The second-order valence-corrected chi connectivity index (χ2v) is 4.91. The van der Waals surface area contributed by atoms with Gasteiger partial charge in [-0.3, -0.25) is 9.89 Å². The molecule has 0 unspecified atom stereocenters. The lowest BCUT2D eigenvalue weighted by atomic mass is 10.1. The maximum atomic E-state index is 11.9. The number of H-pyrrole nitrogens is 1. The number of carbonyl (C=O) groups is 1. The van der Waals surface area contributed by atoms with Crippen molar-refractivity contribution in [3.63, 3.8) is 0 Å². The maximum Gasteiger partial charge on any atom is 0.223 e. The monoisotopic (exact) mass is 288 g/mol. The number of hydrogen-bond acceptors (Lipinski definition) is 4. The van der Waals surface area contributed by atoms with E-state index in [0.29, 0.717) is 25.4 Å². The molecule has 2 N–H and O–H groups in total. The van der Waals surface area contributed by atoms with E-state index in [1.54, 1.807) is 0 Å². The highest BCUT2D eigenvalue weighted by atomic mass is 16.5. The van der Waals surface area contributed by atoms with Gasteiger partial charge in [0, 0.05) is 5.92 Å². The van der Waals surface area contributed by atoms with Gasteiger partial charge < -0.3 is 10.1 Å². The Kier molecular flexibility index (Phi) is 5.31. The number of amides is 1. The van der Waals surface area contributed by atoms with Gasteiger partial charge in [0.2, 0.25) is 5.91 Å². The van der Waals surface area contributed by atoms with Crippen LogP contribution in [0.3, 0.4) is 0 Å². The van der Waals surface area contributed by atoms with E-state index in [2.05, 4.69) is 20.5 Å². The number of hydrogen-bond donors (Lipinski definition) is 2. The summed E-state index contributed by atoms with van der Waals surface area (Å²) in [6.45, 7) is 4.56. The van der Waals surface area contributed by atoms with Crippen molar-refractivity contribution in [1.82, 2.24) is 20.5 Å². The Hall–Kier alpha value is -2.37. The lowest BCUT2D eigenvalue weighted by Gasteiger charge is -2.12. The number of nitrogens with zero attached hydrogens (tertiary/aromatic N) is 2. The predicted octanol–water partition coefficient (Wildman–Crippen LogP) is 1.83. The molecule has 0 saturated heterocycles. The summed E-state index contributed by atoms with van der Waals surface area (Å²) in [5, 5.41) is 9.54. The van der Waals surface area contributed by atoms with Crippen molar-refractivity contribution in [2.45, 2.75) is 26.8 Å². The maximum absolute atomic E-state index is 11.9. The van der Waals surface area contributed by atoms with Crippen LogP contribution in [0.5, 0.6) is 5.75 Å². The van der Waals surface area contributed by atoms with E-state index in [1.807, 2.05) is 44.2 Å². The Labute approximate surface area is 123 Å². The molecule has 2 aromatic rings. The zero-order valence-electron chi connectivity index (χ0n) is 12.3. The molecular weight excluding hydrogens is 268 g/mol. The van der Waals surface area contributed by atoms with E-state index in [1.165, 1.54) is 0 Å². The van der Waals surface area contributed by atoms with Gasteiger partial charge >= 0.3 is 0 Å². The van der Waals surface area contributed by atoms with Crippen LogP contribution >= 0.6 is 0 Å². The van der Waals surface area contributed by atoms with Gasteiger partial charge in [-0.1, -0.05) is 25.1 Å². The van der Waals surface area contributed by atoms with E-state index in [4.69, 9.17) is 4.74 Å². The summed E-state index contributed by atoms with van der Waals surface area (Å²) in [7, 11) is 0. The van der Waals surface area contributed by atoms with Crippen molar-refractivity contribution < 1.29 is 9.53 Å². The fourth-order valence-electron chi connectivity index (χ4n) is 1.81. The third-order valence-electron chi connectivity index (χ3n) is 3.07. The van der Waals surface area contributed by atoms with Crippen molar-refractivity contribution in [2.24, 2.45) is 5.92 Å². The van der Waals surface area contributed by atoms with Gasteiger partial charge in [-0.05, 0) is 25.5 Å². The minimum Gasteiger partial charge on any atom is -0.494 e. The fourth-order valence-corrected chi connectivity index (χ4v) is 1.81. The highest BCUT2D eigenvalue weighted by molar-refractivity contribution is 5.78. The summed E-state index contributed by atoms with van der Waals surface area (Å²) in [5.74, 6) is 2.02. The van der Waals surface area contributed by atoms with Crippen LogP contribution in [-0.4, -0.2) is 27.7 Å². The van der Waals surface area contributed by atoms with Gasteiger partial charge in [-0.25, -0.2) is 4.98 Å². The lowest BCUT2D eigenvalue weighted by Crippen LogP contribution is -2.30. The van der Waals surface area contributed by atoms with Crippen LogP contribution in [0.15, 0.2) is 30.3 Å². The molecule has 1 aromatic heterocycles. The van der Waals surface area contributed by atoms with E-state index in [-0.39, 0.29) is 11.8 Å². The molecule has 0 fully saturated rings. The summed E-state index contributed by atoms with van der Waals surface area (Å²) < 4.78 is 5.58. The van der Waals surface area contributed by atoms with Crippen molar-refractivity contribution in [2.75, 3.05) is 6.61 Å². The van der Waals surface area contributed by atoms with Crippen molar-refractivity contribution in [3.8, 4) is 5.75 Å². The number of aromatic amines is 1. The molecule has 21 heavy (non-hydrogen) atoms. The lowest BCUT2D eigenvalue weighted by molar-refractivity contribution is -0.125. The summed E-state index contributed by atoms with van der Waals surface area (Å²) in [5.41, 5.74) is 0. The molecule has 0 aliphatic rings. The van der Waals surface area contributed by atoms with Gasteiger partial charge in [-0.2, -0.15) is 5.10 Å². The van der Waals surface area contributed by atoms with Gasteiger partial charge in [0.05, 0.1) is 13.2 Å². The largest absolute Gasteiger partial charge is 0.494 e. The number of aryl methyl sites for hydroxylation is 1. The standard InChI is InChI=1S/C15H20N4O2/c1-11(8-9-21-13-6-4-3-5-7-13)15(20)16-10-14-17-12(2)18-19-14/h3-7,11H,8-10H2,1-2H3,(H,16,20)(H,17,18,19)/t11-/m1/s1. The molecule has 6 heteroatoms. The molecular formula is C15H20N4O2. The molecule has 0 aliphatic heterocycles. The Balaban J connectivity index is 1.67. The van der Waals surface area contributed by atoms with Gasteiger partial charge in [0.1, 0.15) is 11.6 Å². The SMILES string of the molecule is Cc1nc(CNC(=O)[C@H](C)CCOc2ccccc2)n[nH]1. The summed E-state index contributed by atoms with van der Waals surface area (Å²) in [6, 6.07) is 9.58. The fraction of sp³-hybridized carbons (Fsp3) is 0.400. The second kappa shape index (κ2) is 7.42. The van der Waals surface area contributed by atoms with Crippen LogP contribution in [0, 0.1) is 12.8 Å². The smallest absolute Gasteiger partial charge is 0.223 e. The normalized spacial score (nSPS) is 11.9. The molecule has 1 atom stereocenters. The predicted molar refractivity (Wildman–Crippen MR) is 78.7 cm³/mol. The first kappa shape index (κ1) is 15.0. The number of carbonyl (C=O) groups excluding carboxylic acids is 1. The van der Waals surface area contributed by atoms with E-state index in [0.717, 1.165) is 11.6 Å². The van der Waals surface area contributed by atoms with E-state index < -0.39 is 0 Å². The zero-order chi connectivity index (χ0) is 15.1. The summed E-state index contributed by atoms with van der Waals surface area (Å²) in [6.07, 6.45) is 0.660. The molecule has 0 aliphatic carbocycles. The number of aromatic nitrogens is 3. The molecule has 1 aromatic carbocycles. The summed E-state index contributed by atoms with van der Waals surface area (Å²) >= 11 is 0. The van der Waals surface area contributed by atoms with Crippen LogP contribution < -0.4 is 10.1 Å². The first-order valence-electron chi connectivity index (χ1n) is 6.98. The van der Waals surface area contributed by atoms with Crippen molar-refractivity contribution in [1.29, 1.82) is 0 Å². The van der Waals surface area contributed by atoms with E-state index in [9.17, 15) is 4.79 Å².